The Morgan fingerprint density at radius 2 is 2.04 bits per heavy atom. The molecule has 1 saturated carbocycles. The highest BCUT2D eigenvalue weighted by Gasteiger charge is 2.29. The van der Waals surface area contributed by atoms with E-state index in [1.807, 2.05) is 6.07 Å². The molecule has 3 rings (SSSR count). The number of benzene rings is 1. The van der Waals surface area contributed by atoms with Gasteiger partial charge in [-0.1, -0.05) is 6.07 Å². The van der Waals surface area contributed by atoms with Crippen molar-refractivity contribution in [2.75, 3.05) is 11.9 Å². The number of anilines is 1. The molecule has 1 fully saturated rings. The highest BCUT2D eigenvalue weighted by Crippen LogP contribution is 2.30. The van der Waals surface area contributed by atoms with Crippen LogP contribution in [-0.4, -0.2) is 34.8 Å². The normalized spacial score (nSPS) is 13.1. The van der Waals surface area contributed by atoms with Gasteiger partial charge in [0.2, 0.25) is 5.91 Å². The fraction of sp³-hybridized carbons (Fsp3) is 0.278. The van der Waals surface area contributed by atoms with E-state index >= 15 is 0 Å². The molecule has 2 amide bonds. The Hall–Kier alpha value is -3.41. The molecule has 27 heavy (non-hydrogen) atoms. The summed E-state index contributed by atoms with van der Waals surface area (Å²) in [4.78, 5) is 31.9. The Morgan fingerprint density at radius 3 is 2.70 bits per heavy atom. The number of carbonyl (C=O) groups is 2. The number of alkyl halides is 2. The SMILES string of the molecule is N#Cc1cc(-c2cc(NC(=O)C3CC3)ncn2)ccc1C(=O)NCC(F)F. The van der Waals surface area contributed by atoms with Crippen LogP contribution in [0.2, 0.25) is 0 Å². The summed E-state index contributed by atoms with van der Waals surface area (Å²) in [6.07, 6.45) is 0.339. The summed E-state index contributed by atoms with van der Waals surface area (Å²) in [6.45, 7) is -0.790. The Labute approximate surface area is 153 Å². The number of carbonyl (C=O) groups excluding carboxylic acids is 2. The molecule has 7 nitrogen and oxygen atoms in total. The topological polar surface area (TPSA) is 108 Å². The first-order chi connectivity index (χ1) is 13.0. The Morgan fingerprint density at radius 1 is 1.26 bits per heavy atom. The van der Waals surface area contributed by atoms with Crippen molar-refractivity contribution in [3.05, 3.63) is 41.7 Å². The average Bonchev–Trinajstić information content (AvgIpc) is 3.51. The van der Waals surface area contributed by atoms with Gasteiger partial charge in [-0.3, -0.25) is 9.59 Å². The minimum atomic E-state index is -2.68. The highest BCUT2D eigenvalue weighted by molar-refractivity contribution is 5.97. The molecule has 1 aliphatic carbocycles. The predicted molar refractivity (Wildman–Crippen MR) is 91.9 cm³/mol. The van der Waals surface area contributed by atoms with Crippen LogP contribution in [0.25, 0.3) is 11.3 Å². The maximum absolute atomic E-state index is 12.2. The molecule has 2 N–H and O–H groups in total. The molecule has 9 heteroatoms. The van der Waals surface area contributed by atoms with E-state index in [0.717, 1.165) is 12.8 Å². The monoisotopic (exact) mass is 371 g/mol. The Bertz CT molecular complexity index is 922. The molecule has 0 unspecified atom stereocenters. The molecule has 2 aromatic rings. The summed E-state index contributed by atoms with van der Waals surface area (Å²) >= 11 is 0. The summed E-state index contributed by atoms with van der Waals surface area (Å²) in [6, 6.07) is 7.81. The second-order valence-electron chi connectivity index (χ2n) is 6.03. The van der Waals surface area contributed by atoms with Crippen LogP contribution in [0.1, 0.15) is 28.8 Å². The van der Waals surface area contributed by atoms with Crippen molar-refractivity contribution in [2.45, 2.75) is 19.3 Å². The minimum absolute atomic E-state index is 0.00165. The Balaban J connectivity index is 1.81. The third-order valence-electron chi connectivity index (χ3n) is 3.96. The molecule has 0 spiro atoms. The van der Waals surface area contributed by atoms with Gasteiger partial charge in [0, 0.05) is 17.5 Å². The number of nitrogens with zero attached hydrogens (tertiary/aromatic N) is 3. The molecule has 0 radical (unpaired) electrons. The first kappa shape index (κ1) is 18.4. The van der Waals surface area contributed by atoms with Crippen LogP contribution >= 0.6 is 0 Å². The van der Waals surface area contributed by atoms with Gasteiger partial charge >= 0.3 is 0 Å². The van der Waals surface area contributed by atoms with E-state index in [4.69, 9.17) is 0 Å². The highest BCUT2D eigenvalue weighted by atomic mass is 19.3. The van der Waals surface area contributed by atoms with Gasteiger partial charge in [0.1, 0.15) is 12.1 Å². The van der Waals surface area contributed by atoms with Crippen LogP contribution in [0.5, 0.6) is 0 Å². The van der Waals surface area contributed by atoms with E-state index < -0.39 is 18.9 Å². The van der Waals surface area contributed by atoms with E-state index in [1.54, 1.807) is 12.1 Å². The molecule has 0 saturated heterocycles. The van der Waals surface area contributed by atoms with Gasteiger partial charge in [0.15, 0.2) is 0 Å². The smallest absolute Gasteiger partial charge is 0.255 e. The van der Waals surface area contributed by atoms with E-state index in [9.17, 15) is 23.6 Å². The fourth-order valence-corrected chi connectivity index (χ4v) is 2.42. The lowest BCUT2D eigenvalue weighted by molar-refractivity contribution is -0.117. The van der Waals surface area contributed by atoms with Crippen molar-refractivity contribution in [2.24, 2.45) is 5.92 Å². The zero-order valence-corrected chi connectivity index (χ0v) is 14.1. The van der Waals surface area contributed by atoms with Gasteiger partial charge in [0.05, 0.1) is 29.4 Å². The molecule has 1 heterocycles. The van der Waals surface area contributed by atoms with E-state index in [1.165, 1.54) is 18.5 Å². The molecule has 1 aromatic heterocycles. The molecule has 138 valence electrons. The van der Waals surface area contributed by atoms with Gasteiger partial charge in [-0.25, -0.2) is 18.7 Å². The van der Waals surface area contributed by atoms with E-state index in [0.29, 0.717) is 17.1 Å². The van der Waals surface area contributed by atoms with Gasteiger partial charge in [0.25, 0.3) is 12.3 Å². The number of hydrogen-bond acceptors (Lipinski definition) is 5. The third kappa shape index (κ3) is 4.61. The van der Waals surface area contributed by atoms with Gasteiger partial charge in [-0.2, -0.15) is 5.26 Å². The van der Waals surface area contributed by atoms with Crippen LogP contribution < -0.4 is 10.6 Å². The summed E-state index contributed by atoms with van der Waals surface area (Å²) < 4.78 is 24.5. The first-order valence-corrected chi connectivity index (χ1v) is 8.21. The van der Waals surface area contributed by atoms with Gasteiger partial charge < -0.3 is 10.6 Å². The Kier molecular flexibility index (Phi) is 5.35. The largest absolute Gasteiger partial charge is 0.346 e. The van der Waals surface area contributed by atoms with Crippen molar-refractivity contribution < 1.29 is 18.4 Å². The summed E-state index contributed by atoms with van der Waals surface area (Å²) in [5.41, 5.74) is 1.01. The van der Waals surface area contributed by atoms with Crippen LogP contribution in [0.4, 0.5) is 14.6 Å². The van der Waals surface area contributed by atoms with Crippen molar-refractivity contribution in [3.8, 4) is 17.3 Å². The predicted octanol–water partition coefficient (Wildman–Crippen LogP) is 2.36. The number of amides is 2. The third-order valence-corrected chi connectivity index (χ3v) is 3.96. The maximum atomic E-state index is 12.2. The number of nitriles is 1. The standard InChI is InChI=1S/C18H15F2N5O2/c19-15(20)8-22-18(27)13-4-3-11(5-12(13)7-21)14-6-16(24-9-23-14)25-17(26)10-1-2-10/h3-6,9-10,15H,1-2,8H2,(H,22,27)(H,23,24,25,26). The van der Waals surface area contributed by atoms with Crippen molar-refractivity contribution in [3.63, 3.8) is 0 Å². The maximum Gasteiger partial charge on any atom is 0.255 e. The van der Waals surface area contributed by atoms with Gasteiger partial charge in [-0.15, -0.1) is 0 Å². The van der Waals surface area contributed by atoms with Crippen LogP contribution in [0, 0.1) is 17.2 Å². The molecular formula is C18H15F2N5O2. The minimum Gasteiger partial charge on any atom is -0.346 e. The van der Waals surface area contributed by atoms with Crippen molar-refractivity contribution >= 4 is 17.6 Å². The van der Waals surface area contributed by atoms with Crippen molar-refractivity contribution in [1.82, 2.24) is 15.3 Å². The van der Waals surface area contributed by atoms with E-state index in [-0.39, 0.29) is 23.0 Å². The number of halogens is 2. The second-order valence-corrected chi connectivity index (χ2v) is 6.03. The van der Waals surface area contributed by atoms with Gasteiger partial charge in [-0.05, 0) is 25.0 Å². The molecule has 1 aliphatic rings. The summed E-state index contributed by atoms with van der Waals surface area (Å²) in [5, 5.41) is 14.1. The zero-order chi connectivity index (χ0) is 19.4. The van der Waals surface area contributed by atoms with Crippen LogP contribution in [0.15, 0.2) is 30.6 Å². The number of rotatable bonds is 6. The molecule has 0 atom stereocenters. The average molecular weight is 371 g/mol. The summed E-state index contributed by atoms with van der Waals surface area (Å²) in [7, 11) is 0. The van der Waals surface area contributed by atoms with Crippen LogP contribution in [0.3, 0.4) is 0 Å². The number of nitrogens with one attached hydrogen (secondary N) is 2. The van der Waals surface area contributed by atoms with Crippen molar-refractivity contribution in [1.29, 1.82) is 5.26 Å². The quantitative estimate of drug-likeness (QED) is 0.810. The molecular weight excluding hydrogens is 356 g/mol. The summed E-state index contributed by atoms with van der Waals surface area (Å²) in [5.74, 6) is -0.476. The second kappa shape index (κ2) is 7.86. The number of hydrogen-bond donors (Lipinski definition) is 2. The lowest BCUT2D eigenvalue weighted by Crippen LogP contribution is -2.29. The lowest BCUT2D eigenvalue weighted by Gasteiger charge is -2.09. The lowest BCUT2D eigenvalue weighted by atomic mass is 10.0. The molecule has 0 aliphatic heterocycles. The zero-order valence-electron chi connectivity index (χ0n) is 14.1. The number of aromatic nitrogens is 2. The fourth-order valence-electron chi connectivity index (χ4n) is 2.42. The van der Waals surface area contributed by atoms with E-state index in [2.05, 4.69) is 20.6 Å². The first-order valence-electron chi connectivity index (χ1n) is 8.21. The molecule has 1 aromatic carbocycles. The van der Waals surface area contributed by atoms with Crippen LogP contribution in [-0.2, 0) is 4.79 Å². The molecule has 0 bridgehead atoms.